The molecule has 1 fully saturated rings. The third-order valence-electron chi connectivity index (χ3n) is 3.77. The third kappa shape index (κ3) is 3.71. The summed E-state index contributed by atoms with van der Waals surface area (Å²) in [5.74, 6) is -0.0299. The number of hydrogen-bond donors (Lipinski definition) is 0. The molecule has 0 atom stereocenters. The number of likely N-dealkylation sites (tertiary alicyclic amines) is 1. The van der Waals surface area contributed by atoms with E-state index in [1.165, 1.54) is 0 Å². The van der Waals surface area contributed by atoms with Gasteiger partial charge in [0.1, 0.15) is 0 Å². The number of nitrogens with zero attached hydrogens (tertiary/aromatic N) is 3. The average molecular weight is 291 g/mol. The molecule has 6 heteroatoms. The lowest BCUT2D eigenvalue weighted by Gasteiger charge is -2.36. The van der Waals surface area contributed by atoms with Crippen LogP contribution in [0.2, 0.25) is 0 Å². The molecule has 0 saturated carbocycles. The molecule has 1 aliphatic heterocycles. The van der Waals surface area contributed by atoms with Gasteiger partial charge in [-0.05, 0) is 31.9 Å². The van der Waals surface area contributed by atoms with Gasteiger partial charge in [0.2, 0.25) is 0 Å². The first-order chi connectivity index (χ1) is 10.1. The largest absolute Gasteiger partial charge is 0.450 e. The lowest BCUT2D eigenvalue weighted by molar-refractivity contribution is 0.0602. The third-order valence-corrected chi connectivity index (χ3v) is 3.77. The number of carbonyl (C=O) groups is 2. The molecule has 1 aliphatic rings. The standard InChI is InChI=1S/C15H21N3O3/c1-3-21-15(20)18-9-6-13(7-10-18)17(2)14(19)12-5-4-8-16-11-12/h4-5,8,11,13H,3,6-7,9-10H2,1-2H3. The molecule has 1 aromatic heterocycles. The zero-order valence-corrected chi connectivity index (χ0v) is 12.5. The summed E-state index contributed by atoms with van der Waals surface area (Å²) < 4.78 is 4.99. The van der Waals surface area contributed by atoms with Gasteiger partial charge in [-0.1, -0.05) is 0 Å². The lowest BCUT2D eigenvalue weighted by atomic mass is 10.0. The van der Waals surface area contributed by atoms with Crippen molar-refractivity contribution in [2.24, 2.45) is 0 Å². The van der Waals surface area contributed by atoms with E-state index in [2.05, 4.69) is 4.98 Å². The highest BCUT2D eigenvalue weighted by molar-refractivity contribution is 5.93. The average Bonchev–Trinajstić information content (AvgIpc) is 2.54. The molecule has 21 heavy (non-hydrogen) atoms. The fourth-order valence-electron chi connectivity index (χ4n) is 2.51. The van der Waals surface area contributed by atoms with Gasteiger partial charge in [-0.25, -0.2) is 4.79 Å². The molecule has 1 aromatic rings. The summed E-state index contributed by atoms with van der Waals surface area (Å²) in [6.07, 6.45) is 4.49. The minimum atomic E-state index is -0.266. The van der Waals surface area contributed by atoms with E-state index in [1.807, 2.05) is 0 Å². The Balaban J connectivity index is 1.90. The SMILES string of the molecule is CCOC(=O)N1CCC(N(C)C(=O)c2cccnc2)CC1. The van der Waals surface area contributed by atoms with Crippen molar-refractivity contribution in [2.75, 3.05) is 26.7 Å². The quantitative estimate of drug-likeness (QED) is 0.851. The topological polar surface area (TPSA) is 62.7 Å². The number of rotatable bonds is 3. The van der Waals surface area contributed by atoms with E-state index in [4.69, 9.17) is 4.74 Å². The fraction of sp³-hybridized carbons (Fsp3) is 0.533. The number of aromatic nitrogens is 1. The normalized spacial score (nSPS) is 15.6. The number of hydrogen-bond acceptors (Lipinski definition) is 4. The molecular weight excluding hydrogens is 270 g/mol. The highest BCUT2D eigenvalue weighted by Crippen LogP contribution is 2.18. The van der Waals surface area contributed by atoms with E-state index in [9.17, 15) is 9.59 Å². The Morgan fingerprint density at radius 3 is 2.71 bits per heavy atom. The van der Waals surface area contributed by atoms with Crippen LogP contribution in [0.5, 0.6) is 0 Å². The molecule has 2 rings (SSSR count). The minimum absolute atomic E-state index is 0.0299. The monoisotopic (exact) mass is 291 g/mol. The first kappa shape index (κ1) is 15.3. The van der Waals surface area contributed by atoms with Gasteiger partial charge < -0.3 is 14.5 Å². The number of piperidine rings is 1. The molecule has 0 N–H and O–H groups in total. The van der Waals surface area contributed by atoms with E-state index in [1.54, 1.807) is 48.3 Å². The highest BCUT2D eigenvalue weighted by Gasteiger charge is 2.28. The Bertz CT molecular complexity index is 484. The van der Waals surface area contributed by atoms with Crippen LogP contribution in [-0.4, -0.2) is 59.6 Å². The van der Waals surface area contributed by atoms with Gasteiger partial charge in [0.25, 0.3) is 5.91 Å². The highest BCUT2D eigenvalue weighted by atomic mass is 16.6. The van der Waals surface area contributed by atoms with Gasteiger partial charge in [-0.3, -0.25) is 9.78 Å². The Kier molecular flexibility index (Phi) is 5.14. The summed E-state index contributed by atoms with van der Waals surface area (Å²) in [7, 11) is 1.81. The van der Waals surface area contributed by atoms with Crippen LogP contribution in [0.4, 0.5) is 4.79 Å². The Morgan fingerprint density at radius 1 is 1.43 bits per heavy atom. The van der Waals surface area contributed by atoms with Crippen LogP contribution in [0.1, 0.15) is 30.1 Å². The molecule has 0 aromatic carbocycles. The fourth-order valence-corrected chi connectivity index (χ4v) is 2.51. The maximum absolute atomic E-state index is 12.3. The van der Waals surface area contributed by atoms with Crippen molar-refractivity contribution in [3.05, 3.63) is 30.1 Å². The predicted octanol–water partition coefficient (Wildman–Crippen LogP) is 1.77. The molecule has 0 bridgehead atoms. The Labute approximate surface area is 124 Å². The molecule has 1 saturated heterocycles. The molecule has 114 valence electrons. The van der Waals surface area contributed by atoms with Crippen LogP contribution in [0, 0.1) is 0 Å². The smallest absolute Gasteiger partial charge is 0.409 e. The lowest BCUT2D eigenvalue weighted by Crippen LogP contribution is -2.47. The van der Waals surface area contributed by atoms with Crippen molar-refractivity contribution >= 4 is 12.0 Å². The van der Waals surface area contributed by atoms with Crippen LogP contribution in [0.3, 0.4) is 0 Å². The summed E-state index contributed by atoms with van der Waals surface area (Å²) >= 11 is 0. The molecule has 0 aliphatic carbocycles. The van der Waals surface area contributed by atoms with Crippen molar-refractivity contribution in [2.45, 2.75) is 25.8 Å². The summed E-state index contributed by atoms with van der Waals surface area (Å²) in [6, 6.07) is 3.66. The summed E-state index contributed by atoms with van der Waals surface area (Å²) in [4.78, 5) is 31.4. The van der Waals surface area contributed by atoms with E-state index in [0.29, 0.717) is 25.3 Å². The van der Waals surface area contributed by atoms with Crippen molar-refractivity contribution in [1.82, 2.24) is 14.8 Å². The summed E-state index contributed by atoms with van der Waals surface area (Å²) in [5.41, 5.74) is 0.591. The summed E-state index contributed by atoms with van der Waals surface area (Å²) in [5, 5.41) is 0. The predicted molar refractivity (Wildman–Crippen MR) is 77.9 cm³/mol. The molecular formula is C15H21N3O3. The van der Waals surface area contributed by atoms with E-state index in [-0.39, 0.29) is 18.0 Å². The number of ether oxygens (including phenoxy) is 1. The van der Waals surface area contributed by atoms with E-state index < -0.39 is 0 Å². The molecule has 0 unspecified atom stereocenters. The Hall–Kier alpha value is -2.11. The Morgan fingerprint density at radius 2 is 2.14 bits per heavy atom. The van der Waals surface area contributed by atoms with E-state index in [0.717, 1.165) is 12.8 Å². The second kappa shape index (κ2) is 7.06. The molecule has 6 nitrogen and oxygen atoms in total. The second-order valence-electron chi connectivity index (χ2n) is 5.07. The summed E-state index contributed by atoms with van der Waals surface area (Å²) in [6.45, 7) is 3.42. The van der Waals surface area contributed by atoms with Crippen molar-refractivity contribution in [3.8, 4) is 0 Å². The van der Waals surface area contributed by atoms with Crippen LogP contribution < -0.4 is 0 Å². The minimum Gasteiger partial charge on any atom is -0.450 e. The number of amides is 2. The van der Waals surface area contributed by atoms with Gasteiger partial charge in [0, 0.05) is 38.6 Å². The van der Waals surface area contributed by atoms with E-state index >= 15 is 0 Å². The molecule has 2 amide bonds. The van der Waals surface area contributed by atoms with Crippen LogP contribution in [0.15, 0.2) is 24.5 Å². The molecule has 0 spiro atoms. The zero-order valence-electron chi connectivity index (χ0n) is 12.5. The maximum Gasteiger partial charge on any atom is 0.409 e. The zero-order chi connectivity index (χ0) is 15.2. The van der Waals surface area contributed by atoms with Gasteiger partial charge in [-0.2, -0.15) is 0 Å². The molecule has 0 radical (unpaired) electrons. The molecule has 2 heterocycles. The van der Waals surface area contributed by atoms with Gasteiger partial charge >= 0.3 is 6.09 Å². The first-order valence-corrected chi connectivity index (χ1v) is 7.22. The number of carbonyl (C=O) groups excluding carboxylic acids is 2. The first-order valence-electron chi connectivity index (χ1n) is 7.22. The van der Waals surface area contributed by atoms with Crippen molar-refractivity contribution in [1.29, 1.82) is 0 Å². The van der Waals surface area contributed by atoms with Crippen molar-refractivity contribution < 1.29 is 14.3 Å². The maximum atomic E-state index is 12.3. The van der Waals surface area contributed by atoms with Crippen LogP contribution >= 0.6 is 0 Å². The van der Waals surface area contributed by atoms with Gasteiger partial charge in [-0.15, -0.1) is 0 Å². The van der Waals surface area contributed by atoms with Gasteiger partial charge in [0.05, 0.1) is 12.2 Å². The van der Waals surface area contributed by atoms with Gasteiger partial charge in [0.15, 0.2) is 0 Å². The number of pyridine rings is 1. The van der Waals surface area contributed by atoms with Crippen LogP contribution in [-0.2, 0) is 4.74 Å². The second-order valence-corrected chi connectivity index (χ2v) is 5.07. The van der Waals surface area contributed by atoms with Crippen molar-refractivity contribution in [3.63, 3.8) is 0 Å². The van der Waals surface area contributed by atoms with Crippen LogP contribution in [0.25, 0.3) is 0 Å².